The normalized spacial score (nSPS) is 15.2. The van der Waals surface area contributed by atoms with Gasteiger partial charge in [0.25, 0.3) is 0 Å². The minimum atomic E-state index is 0. The highest BCUT2D eigenvalue weighted by Crippen LogP contribution is 2.16. The van der Waals surface area contributed by atoms with Gasteiger partial charge in [-0.25, -0.2) is 0 Å². The molecule has 134 valence electrons. The van der Waals surface area contributed by atoms with Gasteiger partial charge in [0.15, 0.2) is 0 Å². The number of benzene rings is 1. The number of hydrogen-bond donors (Lipinski definition) is 1. The fourth-order valence-corrected chi connectivity index (χ4v) is 2.63. The molecule has 1 heterocycles. The SMILES string of the molecule is CC(C)Oc1cccc(CN(C)CCN2CCNCC2)c1.Cl.Cl. The molecule has 1 saturated heterocycles. The summed E-state index contributed by atoms with van der Waals surface area (Å²) in [5, 5.41) is 3.39. The molecule has 0 amide bonds. The maximum atomic E-state index is 5.76. The maximum absolute atomic E-state index is 5.76. The van der Waals surface area contributed by atoms with Gasteiger partial charge < -0.3 is 15.0 Å². The Morgan fingerprint density at radius 2 is 1.91 bits per heavy atom. The predicted octanol–water partition coefficient (Wildman–Crippen LogP) is 2.65. The van der Waals surface area contributed by atoms with E-state index < -0.39 is 0 Å². The van der Waals surface area contributed by atoms with Gasteiger partial charge in [-0.3, -0.25) is 4.90 Å². The molecule has 1 aromatic rings. The molecule has 0 radical (unpaired) electrons. The van der Waals surface area contributed by atoms with E-state index in [9.17, 15) is 0 Å². The third kappa shape index (κ3) is 8.77. The number of piperazine rings is 1. The fourth-order valence-electron chi connectivity index (χ4n) is 2.63. The summed E-state index contributed by atoms with van der Waals surface area (Å²) in [6.07, 6.45) is 0.227. The van der Waals surface area contributed by atoms with E-state index >= 15 is 0 Å². The van der Waals surface area contributed by atoms with Crippen LogP contribution < -0.4 is 10.1 Å². The summed E-state index contributed by atoms with van der Waals surface area (Å²) in [6.45, 7) is 11.9. The van der Waals surface area contributed by atoms with Gasteiger partial charge >= 0.3 is 0 Å². The lowest BCUT2D eigenvalue weighted by Crippen LogP contribution is -2.45. The van der Waals surface area contributed by atoms with Gasteiger partial charge in [-0.05, 0) is 38.6 Å². The van der Waals surface area contributed by atoms with E-state index in [4.69, 9.17) is 4.74 Å². The van der Waals surface area contributed by atoms with Crippen molar-refractivity contribution in [1.82, 2.24) is 15.1 Å². The van der Waals surface area contributed by atoms with E-state index in [0.29, 0.717) is 0 Å². The molecule has 1 N–H and O–H groups in total. The molecule has 0 unspecified atom stereocenters. The van der Waals surface area contributed by atoms with Crippen LogP contribution in [0.25, 0.3) is 0 Å². The number of ether oxygens (including phenoxy) is 1. The molecular formula is C17H31Cl2N3O. The van der Waals surface area contributed by atoms with Crippen molar-refractivity contribution < 1.29 is 4.74 Å². The first-order valence-electron chi connectivity index (χ1n) is 8.00. The van der Waals surface area contributed by atoms with Gasteiger partial charge in [0.2, 0.25) is 0 Å². The summed E-state index contributed by atoms with van der Waals surface area (Å²) in [4.78, 5) is 4.92. The van der Waals surface area contributed by atoms with Gasteiger partial charge in [-0.1, -0.05) is 12.1 Å². The first-order chi connectivity index (χ1) is 10.1. The van der Waals surface area contributed by atoms with E-state index in [0.717, 1.165) is 38.5 Å². The van der Waals surface area contributed by atoms with Gasteiger partial charge in [0.05, 0.1) is 6.10 Å². The van der Waals surface area contributed by atoms with Crippen LogP contribution in [-0.2, 0) is 6.54 Å². The van der Waals surface area contributed by atoms with Crippen LogP contribution in [0.15, 0.2) is 24.3 Å². The summed E-state index contributed by atoms with van der Waals surface area (Å²) in [7, 11) is 2.19. The summed E-state index contributed by atoms with van der Waals surface area (Å²) in [5.74, 6) is 0.970. The van der Waals surface area contributed by atoms with E-state index in [1.807, 2.05) is 6.07 Å². The lowest BCUT2D eigenvalue weighted by molar-refractivity contribution is 0.202. The second-order valence-corrected chi connectivity index (χ2v) is 6.14. The molecule has 1 fully saturated rings. The van der Waals surface area contributed by atoms with E-state index in [-0.39, 0.29) is 30.9 Å². The highest BCUT2D eigenvalue weighted by molar-refractivity contribution is 5.85. The zero-order chi connectivity index (χ0) is 15.1. The van der Waals surface area contributed by atoms with Crippen LogP contribution >= 0.6 is 24.8 Å². The topological polar surface area (TPSA) is 27.7 Å². The Labute approximate surface area is 153 Å². The van der Waals surface area contributed by atoms with Crippen LogP contribution in [0.1, 0.15) is 19.4 Å². The van der Waals surface area contributed by atoms with Crippen LogP contribution in [-0.4, -0.2) is 62.2 Å². The molecule has 2 rings (SSSR count). The van der Waals surface area contributed by atoms with Crippen molar-refractivity contribution in [2.45, 2.75) is 26.5 Å². The summed E-state index contributed by atoms with van der Waals surface area (Å²) >= 11 is 0. The van der Waals surface area contributed by atoms with Crippen LogP contribution in [0.2, 0.25) is 0 Å². The number of halogens is 2. The van der Waals surface area contributed by atoms with Crippen molar-refractivity contribution in [2.24, 2.45) is 0 Å². The van der Waals surface area contributed by atoms with Gasteiger partial charge in [-0.15, -0.1) is 24.8 Å². The first kappa shape index (κ1) is 22.5. The monoisotopic (exact) mass is 363 g/mol. The molecule has 0 aromatic heterocycles. The molecule has 1 aliphatic rings. The standard InChI is InChI=1S/C17H29N3O.2ClH/c1-15(2)21-17-6-4-5-16(13-17)14-19(3)11-12-20-9-7-18-8-10-20;;/h4-6,13,15,18H,7-12,14H2,1-3H3;2*1H. The molecule has 1 aromatic carbocycles. The number of nitrogens with one attached hydrogen (secondary N) is 1. The van der Waals surface area contributed by atoms with Gasteiger partial charge in [0.1, 0.15) is 5.75 Å². The third-order valence-corrected chi connectivity index (χ3v) is 3.73. The quantitative estimate of drug-likeness (QED) is 0.805. The van der Waals surface area contributed by atoms with Gasteiger partial charge in [0, 0.05) is 45.8 Å². The number of nitrogens with zero attached hydrogens (tertiary/aromatic N) is 2. The number of rotatable bonds is 7. The Morgan fingerprint density at radius 1 is 1.22 bits per heavy atom. The van der Waals surface area contributed by atoms with E-state index in [2.05, 4.69) is 54.2 Å². The minimum absolute atomic E-state index is 0. The van der Waals surface area contributed by atoms with Crippen molar-refractivity contribution in [3.8, 4) is 5.75 Å². The molecular weight excluding hydrogens is 333 g/mol. The Hall–Kier alpha value is -0.520. The first-order valence-corrected chi connectivity index (χ1v) is 8.00. The second-order valence-electron chi connectivity index (χ2n) is 6.14. The lowest BCUT2D eigenvalue weighted by Gasteiger charge is -2.29. The van der Waals surface area contributed by atoms with Crippen LogP contribution in [0, 0.1) is 0 Å². The summed E-state index contributed by atoms with van der Waals surface area (Å²) in [5.41, 5.74) is 1.32. The average molecular weight is 364 g/mol. The summed E-state index contributed by atoms with van der Waals surface area (Å²) < 4.78 is 5.76. The molecule has 0 aliphatic carbocycles. The van der Waals surface area contributed by atoms with Crippen LogP contribution in [0.3, 0.4) is 0 Å². The second kappa shape index (κ2) is 11.9. The van der Waals surface area contributed by atoms with Crippen molar-refractivity contribution in [2.75, 3.05) is 46.3 Å². The molecule has 6 heteroatoms. The van der Waals surface area contributed by atoms with Crippen molar-refractivity contribution in [3.05, 3.63) is 29.8 Å². The molecule has 1 aliphatic heterocycles. The van der Waals surface area contributed by atoms with Crippen molar-refractivity contribution >= 4 is 24.8 Å². The van der Waals surface area contributed by atoms with E-state index in [1.54, 1.807) is 0 Å². The molecule has 0 bridgehead atoms. The highest BCUT2D eigenvalue weighted by atomic mass is 35.5. The maximum Gasteiger partial charge on any atom is 0.120 e. The van der Waals surface area contributed by atoms with Crippen molar-refractivity contribution in [3.63, 3.8) is 0 Å². The third-order valence-electron chi connectivity index (χ3n) is 3.73. The highest BCUT2D eigenvalue weighted by Gasteiger charge is 2.10. The van der Waals surface area contributed by atoms with Crippen LogP contribution in [0.5, 0.6) is 5.75 Å². The molecule has 0 spiro atoms. The largest absolute Gasteiger partial charge is 0.491 e. The molecule has 23 heavy (non-hydrogen) atoms. The Balaban J connectivity index is 0.00000242. The number of likely N-dealkylation sites (N-methyl/N-ethyl adjacent to an activating group) is 1. The Bertz CT molecular complexity index is 426. The zero-order valence-corrected chi connectivity index (χ0v) is 16.1. The predicted molar refractivity (Wildman–Crippen MR) is 102 cm³/mol. The number of hydrogen-bond acceptors (Lipinski definition) is 4. The van der Waals surface area contributed by atoms with Crippen molar-refractivity contribution in [1.29, 1.82) is 0 Å². The van der Waals surface area contributed by atoms with E-state index in [1.165, 1.54) is 18.7 Å². The molecule has 4 nitrogen and oxygen atoms in total. The fraction of sp³-hybridized carbons (Fsp3) is 0.647. The minimum Gasteiger partial charge on any atom is -0.491 e. The summed E-state index contributed by atoms with van der Waals surface area (Å²) in [6, 6.07) is 8.44. The zero-order valence-electron chi connectivity index (χ0n) is 14.5. The Morgan fingerprint density at radius 3 is 2.57 bits per heavy atom. The molecule has 0 saturated carbocycles. The molecule has 0 atom stereocenters. The van der Waals surface area contributed by atoms with Gasteiger partial charge in [-0.2, -0.15) is 0 Å². The smallest absolute Gasteiger partial charge is 0.120 e. The van der Waals surface area contributed by atoms with Crippen LogP contribution in [0.4, 0.5) is 0 Å². The lowest BCUT2D eigenvalue weighted by atomic mass is 10.2. The average Bonchev–Trinajstić information content (AvgIpc) is 2.46. The Kier molecular flexibility index (Phi) is 11.7.